The van der Waals surface area contributed by atoms with Gasteiger partial charge in [0.15, 0.2) is 0 Å². The van der Waals surface area contributed by atoms with Crippen LogP contribution in [0.2, 0.25) is 0 Å². The van der Waals surface area contributed by atoms with E-state index in [-0.39, 0.29) is 0 Å². The number of aromatic nitrogens is 5. The maximum atomic E-state index is 4.47. The van der Waals surface area contributed by atoms with Crippen molar-refractivity contribution in [3.8, 4) is 5.95 Å². The number of aryl methyl sites for hydroxylation is 1. The second-order valence-electron chi connectivity index (χ2n) is 4.00. The molecule has 0 saturated carbocycles. The number of hydrogen-bond donors (Lipinski definition) is 0. The van der Waals surface area contributed by atoms with Gasteiger partial charge in [-0.2, -0.15) is 5.10 Å². The number of fused-ring (bicyclic) bond motifs is 1. The third kappa shape index (κ3) is 1.69. The van der Waals surface area contributed by atoms with E-state index in [0.717, 1.165) is 26.9 Å². The molecule has 0 radical (unpaired) electrons. The molecule has 0 saturated heterocycles. The number of para-hydroxylation sites is 1. The minimum absolute atomic E-state index is 0.486. The van der Waals surface area contributed by atoms with Gasteiger partial charge in [0.1, 0.15) is 5.52 Å². The van der Waals surface area contributed by atoms with E-state index in [4.69, 9.17) is 0 Å². The monoisotopic (exact) mass is 303 g/mol. The number of nitrogens with zero attached hydrogens (tertiary/aromatic N) is 5. The molecule has 0 spiro atoms. The third-order valence-corrected chi connectivity index (χ3v) is 3.89. The lowest BCUT2D eigenvalue weighted by Gasteiger charge is -2.02. The molecule has 0 N–H and O–H groups in total. The first-order valence-electron chi connectivity index (χ1n) is 5.48. The molecular weight excluding hydrogens is 294 g/mol. The molecule has 5 nitrogen and oxygen atoms in total. The van der Waals surface area contributed by atoms with E-state index in [9.17, 15) is 0 Å². The van der Waals surface area contributed by atoms with Crippen LogP contribution in [-0.2, 0) is 0 Å². The van der Waals surface area contributed by atoms with Gasteiger partial charge in [0, 0.05) is 0 Å². The van der Waals surface area contributed by atoms with Crippen LogP contribution >= 0.6 is 15.9 Å². The Morgan fingerprint density at radius 1 is 1.06 bits per heavy atom. The second-order valence-corrected chi connectivity index (χ2v) is 4.79. The summed E-state index contributed by atoms with van der Waals surface area (Å²) in [6, 6.07) is 7.64. The van der Waals surface area contributed by atoms with Crippen LogP contribution in [-0.4, -0.2) is 25.0 Å². The van der Waals surface area contributed by atoms with Gasteiger partial charge in [-0.25, -0.2) is 9.67 Å². The molecule has 2 aromatic heterocycles. The van der Waals surface area contributed by atoms with Crippen molar-refractivity contribution < 1.29 is 0 Å². The summed E-state index contributed by atoms with van der Waals surface area (Å²) in [6.45, 7) is 3.89. The molecule has 1 aromatic carbocycles. The van der Waals surface area contributed by atoms with Crippen LogP contribution in [0, 0.1) is 13.8 Å². The second kappa shape index (κ2) is 4.13. The molecule has 18 heavy (non-hydrogen) atoms. The van der Waals surface area contributed by atoms with Gasteiger partial charge in [-0.05, 0) is 41.9 Å². The first kappa shape index (κ1) is 11.3. The Morgan fingerprint density at radius 2 is 1.78 bits per heavy atom. The molecule has 0 aliphatic heterocycles. The Bertz CT molecular complexity index is 734. The maximum Gasteiger partial charge on any atom is 0.270 e. The minimum Gasteiger partial charge on any atom is -0.208 e. The fourth-order valence-electron chi connectivity index (χ4n) is 1.78. The summed E-state index contributed by atoms with van der Waals surface area (Å²) in [5.41, 5.74) is 3.46. The Morgan fingerprint density at radius 3 is 2.44 bits per heavy atom. The van der Waals surface area contributed by atoms with Gasteiger partial charge in [-0.3, -0.25) is 0 Å². The molecule has 90 valence electrons. The zero-order valence-corrected chi connectivity index (χ0v) is 11.5. The van der Waals surface area contributed by atoms with Gasteiger partial charge < -0.3 is 0 Å². The minimum atomic E-state index is 0.486. The lowest BCUT2D eigenvalue weighted by Crippen LogP contribution is -2.06. The van der Waals surface area contributed by atoms with Crippen LogP contribution in [0.15, 0.2) is 28.7 Å². The van der Waals surface area contributed by atoms with Crippen molar-refractivity contribution in [2.24, 2.45) is 0 Å². The smallest absolute Gasteiger partial charge is 0.208 e. The predicted molar refractivity (Wildman–Crippen MR) is 71.6 cm³/mol. The Labute approximate surface area is 112 Å². The normalized spacial score (nSPS) is 11.1. The van der Waals surface area contributed by atoms with Crippen molar-refractivity contribution >= 4 is 27.0 Å². The van der Waals surface area contributed by atoms with E-state index in [1.165, 1.54) is 0 Å². The molecule has 3 aromatic rings. The summed E-state index contributed by atoms with van der Waals surface area (Å²) >= 11 is 3.49. The summed E-state index contributed by atoms with van der Waals surface area (Å²) in [6.07, 6.45) is 0. The first-order chi connectivity index (χ1) is 8.66. The fraction of sp³-hybridized carbons (Fsp3) is 0.167. The van der Waals surface area contributed by atoms with E-state index in [1.807, 2.05) is 38.1 Å². The van der Waals surface area contributed by atoms with E-state index >= 15 is 0 Å². The SMILES string of the molecule is Cc1nn(-c2nnc3ccccc3n2)c(C)c1Br. The van der Waals surface area contributed by atoms with Crippen molar-refractivity contribution in [2.75, 3.05) is 0 Å². The molecule has 0 fully saturated rings. The van der Waals surface area contributed by atoms with Crippen molar-refractivity contribution in [3.05, 3.63) is 40.1 Å². The van der Waals surface area contributed by atoms with Crippen molar-refractivity contribution in [3.63, 3.8) is 0 Å². The van der Waals surface area contributed by atoms with Crippen molar-refractivity contribution in [1.29, 1.82) is 0 Å². The standard InChI is InChI=1S/C12H10BrN5/c1-7-11(13)8(2)18(17-7)12-14-9-5-3-4-6-10(9)15-16-12/h3-6H,1-2H3. The van der Waals surface area contributed by atoms with Gasteiger partial charge in [-0.1, -0.05) is 12.1 Å². The molecular formula is C12H10BrN5. The zero-order valence-electron chi connectivity index (χ0n) is 9.92. The van der Waals surface area contributed by atoms with Crippen LogP contribution < -0.4 is 0 Å². The summed E-state index contributed by atoms with van der Waals surface area (Å²) in [5.74, 6) is 0.486. The maximum absolute atomic E-state index is 4.47. The van der Waals surface area contributed by atoms with Gasteiger partial charge in [0.2, 0.25) is 0 Å². The van der Waals surface area contributed by atoms with Crippen LogP contribution in [0.25, 0.3) is 17.0 Å². The lowest BCUT2D eigenvalue weighted by molar-refractivity contribution is 0.757. The van der Waals surface area contributed by atoms with Gasteiger partial charge in [0.05, 0.1) is 21.4 Å². The third-order valence-electron chi connectivity index (χ3n) is 2.74. The first-order valence-corrected chi connectivity index (χ1v) is 6.27. The number of rotatable bonds is 1. The Balaban J connectivity index is 2.22. The summed E-state index contributed by atoms with van der Waals surface area (Å²) in [7, 11) is 0. The largest absolute Gasteiger partial charge is 0.270 e. The lowest BCUT2D eigenvalue weighted by atomic mass is 10.3. The summed E-state index contributed by atoms with van der Waals surface area (Å²) < 4.78 is 2.66. The van der Waals surface area contributed by atoms with E-state index in [0.29, 0.717) is 5.95 Å². The number of benzene rings is 1. The predicted octanol–water partition coefficient (Wildman–Crippen LogP) is 2.59. The highest BCUT2D eigenvalue weighted by Gasteiger charge is 2.13. The van der Waals surface area contributed by atoms with E-state index in [2.05, 4.69) is 36.2 Å². The summed E-state index contributed by atoms with van der Waals surface area (Å²) in [4.78, 5) is 4.47. The van der Waals surface area contributed by atoms with Gasteiger partial charge >= 0.3 is 0 Å². The number of halogens is 1. The average Bonchev–Trinajstić information content (AvgIpc) is 2.66. The van der Waals surface area contributed by atoms with E-state index in [1.54, 1.807) is 4.68 Å². The molecule has 0 aliphatic carbocycles. The Kier molecular flexibility index (Phi) is 2.59. The fourth-order valence-corrected chi connectivity index (χ4v) is 2.03. The molecule has 6 heteroatoms. The molecule has 0 bridgehead atoms. The van der Waals surface area contributed by atoms with Crippen LogP contribution in [0.3, 0.4) is 0 Å². The Hall–Kier alpha value is -1.82. The van der Waals surface area contributed by atoms with Crippen molar-refractivity contribution in [2.45, 2.75) is 13.8 Å². The van der Waals surface area contributed by atoms with E-state index < -0.39 is 0 Å². The van der Waals surface area contributed by atoms with Gasteiger partial charge in [-0.15, -0.1) is 10.2 Å². The summed E-state index contributed by atoms with van der Waals surface area (Å²) in [5, 5.41) is 12.7. The van der Waals surface area contributed by atoms with Crippen LogP contribution in [0.4, 0.5) is 0 Å². The molecule has 0 aliphatic rings. The van der Waals surface area contributed by atoms with Crippen LogP contribution in [0.5, 0.6) is 0 Å². The highest BCUT2D eigenvalue weighted by molar-refractivity contribution is 9.10. The molecule has 0 amide bonds. The molecule has 0 atom stereocenters. The van der Waals surface area contributed by atoms with Gasteiger partial charge in [0.25, 0.3) is 5.95 Å². The number of hydrogen-bond acceptors (Lipinski definition) is 4. The average molecular weight is 304 g/mol. The topological polar surface area (TPSA) is 56.5 Å². The van der Waals surface area contributed by atoms with Crippen molar-refractivity contribution in [1.82, 2.24) is 25.0 Å². The molecule has 3 rings (SSSR count). The molecule has 2 heterocycles. The highest BCUT2D eigenvalue weighted by atomic mass is 79.9. The highest BCUT2D eigenvalue weighted by Crippen LogP contribution is 2.21. The van der Waals surface area contributed by atoms with Crippen LogP contribution in [0.1, 0.15) is 11.4 Å². The molecule has 0 unspecified atom stereocenters. The quantitative estimate of drug-likeness (QED) is 0.693. The zero-order chi connectivity index (χ0) is 12.7.